The van der Waals surface area contributed by atoms with Gasteiger partial charge in [-0.25, -0.2) is 4.79 Å². The molecule has 2 rings (SSSR count). The van der Waals surface area contributed by atoms with Crippen LogP contribution in [0.1, 0.15) is 62.9 Å². The predicted octanol–water partition coefficient (Wildman–Crippen LogP) is 0.555. The fourth-order valence-electron chi connectivity index (χ4n) is 3.66. The van der Waals surface area contributed by atoms with Crippen LogP contribution in [0.4, 0.5) is 0 Å². The van der Waals surface area contributed by atoms with Crippen LogP contribution in [-0.4, -0.2) is 88.1 Å². The summed E-state index contributed by atoms with van der Waals surface area (Å²) in [5.74, 6) is -2.85. The highest BCUT2D eigenvalue weighted by molar-refractivity contribution is 5.97. The first kappa shape index (κ1) is 31.4. The third-order valence-corrected chi connectivity index (χ3v) is 5.89. The average Bonchev–Trinajstić information content (AvgIpc) is 2.86. The van der Waals surface area contributed by atoms with Crippen molar-refractivity contribution in [2.45, 2.75) is 90.3 Å². The van der Waals surface area contributed by atoms with Gasteiger partial charge in [-0.3, -0.25) is 9.59 Å². The van der Waals surface area contributed by atoms with Crippen LogP contribution >= 0.6 is 0 Å². The largest absolute Gasteiger partial charge is 0.479 e. The highest BCUT2D eigenvalue weighted by Crippen LogP contribution is 2.28. The molecule has 0 radical (unpaired) electrons. The van der Waals surface area contributed by atoms with Crippen LogP contribution in [0.2, 0.25) is 0 Å². The third kappa shape index (κ3) is 9.21. The second-order valence-corrected chi connectivity index (χ2v) is 9.87. The zero-order valence-corrected chi connectivity index (χ0v) is 22.3. The van der Waals surface area contributed by atoms with Crippen LogP contribution in [0.3, 0.4) is 0 Å². The van der Waals surface area contributed by atoms with E-state index in [4.69, 9.17) is 14.2 Å². The van der Waals surface area contributed by atoms with Gasteiger partial charge in [-0.1, -0.05) is 40.2 Å². The van der Waals surface area contributed by atoms with Crippen LogP contribution in [0.5, 0.6) is 5.75 Å². The number of esters is 1. The Hall–Kier alpha value is -2.77. The Morgan fingerprint density at radius 2 is 1.66 bits per heavy atom. The molecule has 38 heavy (non-hydrogen) atoms. The molecule has 5 atom stereocenters. The van der Waals surface area contributed by atoms with Crippen LogP contribution < -0.4 is 15.4 Å². The van der Waals surface area contributed by atoms with Gasteiger partial charge in [0.25, 0.3) is 5.91 Å². The monoisotopic (exact) mass is 540 g/mol. The summed E-state index contributed by atoms with van der Waals surface area (Å²) in [5.41, 5.74) is 0.535. The van der Waals surface area contributed by atoms with Crippen molar-refractivity contribution < 1.29 is 49.0 Å². The van der Waals surface area contributed by atoms with Gasteiger partial charge in [0.2, 0.25) is 6.29 Å². The van der Waals surface area contributed by atoms with E-state index in [1.807, 2.05) is 0 Å². The second kappa shape index (κ2) is 15.0. The second-order valence-electron chi connectivity index (χ2n) is 9.87. The fraction of sp³-hybridized carbons (Fsp3) is 0.654. The minimum absolute atomic E-state index is 0.0351. The van der Waals surface area contributed by atoms with E-state index < -0.39 is 48.6 Å². The maximum atomic E-state index is 13.1. The van der Waals surface area contributed by atoms with Gasteiger partial charge in [0.05, 0.1) is 11.5 Å². The van der Waals surface area contributed by atoms with Crippen molar-refractivity contribution in [1.82, 2.24) is 10.6 Å². The summed E-state index contributed by atoms with van der Waals surface area (Å²) in [4.78, 5) is 36.3. The summed E-state index contributed by atoms with van der Waals surface area (Å²) < 4.78 is 16.1. The lowest BCUT2D eigenvalue weighted by atomic mass is 9.99. The van der Waals surface area contributed by atoms with Crippen molar-refractivity contribution in [3.05, 3.63) is 29.3 Å². The number of hydrogen-bond acceptors (Lipinski definition) is 10. The lowest BCUT2D eigenvalue weighted by molar-refractivity contribution is -0.271. The van der Waals surface area contributed by atoms with Gasteiger partial charge in [0.1, 0.15) is 30.7 Å². The standard InChI is InChI=1S/C26H40N2O10/c1-14(2)25(35)36-13-16-8-9-18(37-26-21(31)19(29)20(30)22(38-26)24(33)34)17(12-16)23(32)28-11-7-5-6-10-27-15(3)4/h8-9,12,14-15,19-22,26-27,29-31H,5-7,10-11,13H2,1-4H3,(H,28,32)(H,33,34)/t19?,20-,21+,22?,26-/m0/s1. The molecule has 0 bridgehead atoms. The summed E-state index contributed by atoms with van der Waals surface area (Å²) in [7, 11) is 0. The number of aliphatic hydroxyl groups is 3. The molecule has 2 unspecified atom stereocenters. The summed E-state index contributed by atoms with van der Waals surface area (Å²) in [6.45, 7) is 8.71. The molecule has 1 fully saturated rings. The van der Waals surface area contributed by atoms with Crippen LogP contribution in [0.25, 0.3) is 0 Å². The number of rotatable bonds is 14. The van der Waals surface area contributed by atoms with Gasteiger partial charge in [-0.15, -0.1) is 0 Å². The number of ether oxygens (including phenoxy) is 3. The number of carboxylic acid groups (broad SMARTS) is 1. The van der Waals surface area contributed by atoms with Gasteiger partial charge in [-0.05, 0) is 37.1 Å². The molecule has 1 saturated heterocycles. The molecule has 0 saturated carbocycles. The van der Waals surface area contributed by atoms with Crippen LogP contribution in [0.15, 0.2) is 18.2 Å². The molecular formula is C26H40N2O10. The minimum Gasteiger partial charge on any atom is -0.479 e. The highest BCUT2D eigenvalue weighted by Gasteiger charge is 2.48. The van der Waals surface area contributed by atoms with Crippen molar-refractivity contribution >= 4 is 17.8 Å². The fourth-order valence-corrected chi connectivity index (χ4v) is 3.66. The lowest BCUT2D eigenvalue weighted by Crippen LogP contribution is -2.61. The summed E-state index contributed by atoms with van der Waals surface area (Å²) in [6.07, 6.45) is -6.46. The Balaban J connectivity index is 2.15. The first-order valence-corrected chi connectivity index (χ1v) is 12.8. The Kier molecular flexibility index (Phi) is 12.4. The summed E-state index contributed by atoms with van der Waals surface area (Å²) in [5, 5.41) is 45.7. The van der Waals surface area contributed by atoms with Gasteiger partial charge in [0, 0.05) is 12.6 Å². The molecule has 12 nitrogen and oxygen atoms in total. The number of amides is 1. The maximum Gasteiger partial charge on any atom is 0.335 e. The molecule has 214 valence electrons. The van der Waals surface area contributed by atoms with E-state index in [1.54, 1.807) is 13.8 Å². The van der Waals surface area contributed by atoms with Gasteiger partial charge < -0.3 is 45.3 Å². The third-order valence-electron chi connectivity index (χ3n) is 5.89. The van der Waals surface area contributed by atoms with Crippen molar-refractivity contribution in [3.63, 3.8) is 0 Å². The smallest absolute Gasteiger partial charge is 0.335 e. The molecule has 0 aliphatic carbocycles. The minimum atomic E-state index is -1.88. The van der Waals surface area contributed by atoms with E-state index in [0.717, 1.165) is 25.8 Å². The van der Waals surface area contributed by atoms with E-state index in [9.17, 15) is 34.8 Å². The van der Waals surface area contributed by atoms with E-state index in [-0.39, 0.29) is 23.8 Å². The molecule has 1 aliphatic rings. The molecule has 0 aromatic heterocycles. The van der Waals surface area contributed by atoms with Crippen LogP contribution in [0, 0.1) is 5.92 Å². The molecule has 1 heterocycles. The number of aliphatic hydroxyl groups excluding tert-OH is 3. The number of hydrogen-bond donors (Lipinski definition) is 6. The van der Waals surface area contributed by atoms with E-state index >= 15 is 0 Å². The van der Waals surface area contributed by atoms with Crippen LogP contribution in [-0.2, 0) is 25.7 Å². The molecule has 1 aromatic carbocycles. The zero-order chi connectivity index (χ0) is 28.4. The number of aliphatic carboxylic acids is 1. The van der Waals surface area contributed by atoms with E-state index in [2.05, 4.69) is 24.5 Å². The summed E-state index contributed by atoms with van der Waals surface area (Å²) in [6, 6.07) is 4.80. The normalized spacial score (nSPS) is 23.3. The van der Waals surface area contributed by atoms with Gasteiger partial charge >= 0.3 is 11.9 Å². The van der Waals surface area contributed by atoms with Crippen molar-refractivity contribution in [1.29, 1.82) is 0 Å². The number of carbonyl (C=O) groups is 3. The topological polar surface area (TPSA) is 184 Å². The Bertz CT molecular complexity index is 939. The quantitative estimate of drug-likeness (QED) is 0.143. The molecule has 6 N–H and O–H groups in total. The number of carboxylic acids is 1. The maximum absolute atomic E-state index is 13.1. The zero-order valence-electron chi connectivity index (χ0n) is 22.3. The first-order chi connectivity index (χ1) is 17.9. The number of nitrogens with one attached hydrogen (secondary N) is 2. The van der Waals surface area contributed by atoms with Crippen molar-refractivity contribution in [2.24, 2.45) is 5.92 Å². The SMILES string of the molecule is CC(C)NCCCCCNC(=O)c1cc(COC(=O)C(C)C)ccc1O[C@H]1OC(C(=O)O)[C@@H](O)C(O)[C@H]1O. The van der Waals surface area contributed by atoms with E-state index in [1.165, 1.54) is 18.2 Å². The highest BCUT2D eigenvalue weighted by atomic mass is 16.7. The molecule has 1 amide bonds. The molecular weight excluding hydrogens is 500 g/mol. The summed E-state index contributed by atoms with van der Waals surface area (Å²) >= 11 is 0. The van der Waals surface area contributed by atoms with E-state index in [0.29, 0.717) is 18.2 Å². The Morgan fingerprint density at radius 1 is 0.974 bits per heavy atom. The molecule has 12 heteroatoms. The van der Waals surface area contributed by atoms with Crippen molar-refractivity contribution in [3.8, 4) is 5.75 Å². The molecule has 0 spiro atoms. The average molecular weight is 541 g/mol. The Labute approximate surface area is 222 Å². The number of carbonyl (C=O) groups excluding carboxylic acids is 2. The van der Waals surface area contributed by atoms with Gasteiger partial charge in [-0.2, -0.15) is 0 Å². The van der Waals surface area contributed by atoms with Crippen molar-refractivity contribution in [2.75, 3.05) is 13.1 Å². The number of benzene rings is 1. The first-order valence-electron chi connectivity index (χ1n) is 12.8. The predicted molar refractivity (Wildman–Crippen MR) is 135 cm³/mol. The number of unbranched alkanes of at least 4 members (excludes halogenated alkanes) is 2. The molecule has 1 aromatic rings. The molecule has 1 aliphatic heterocycles. The Morgan fingerprint density at radius 3 is 2.29 bits per heavy atom. The van der Waals surface area contributed by atoms with Gasteiger partial charge in [0.15, 0.2) is 6.10 Å². The lowest BCUT2D eigenvalue weighted by Gasteiger charge is -2.38.